The first-order valence-corrected chi connectivity index (χ1v) is 7.70. The van der Waals surface area contributed by atoms with E-state index < -0.39 is 29.3 Å². The maximum atomic E-state index is 14.0. The van der Waals surface area contributed by atoms with Crippen molar-refractivity contribution >= 4 is 17.9 Å². The van der Waals surface area contributed by atoms with Crippen LogP contribution in [0.15, 0.2) is 36.5 Å². The molecule has 6 nitrogen and oxygen atoms in total. The fourth-order valence-electron chi connectivity index (χ4n) is 2.05. The Morgan fingerprint density at radius 2 is 1.88 bits per heavy atom. The van der Waals surface area contributed by atoms with Crippen molar-refractivity contribution in [2.75, 3.05) is 4.90 Å². The van der Waals surface area contributed by atoms with Crippen LogP contribution >= 0.6 is 0 Å². The van der Waals surface area contributed by atoms with Gasteiger partial charge in [-0.15, -0.1) is 0 Å². The summed E-state index contributed by atoms with van der Waals surface area (Å²) < 4.78 is 32.4. The van der Waals surface area contributed by atoms with E-state index in [1.165, 1.54) is 18.2 Å². The molecule has 1 amide bonds. The van der Waals surface area contributed by atoms with Gasteiger partial charge in [-0.05, 0) is 39.0 Å². The van der Waals surface area contributed by atoms with E-state index in [0.29, 0.717) is 6.07 Å². The second kappa shape index (κ2) is 7.47. The van der Waals surface area contributed by atoms with Gasteiger partial charge in [0, 0.05) is 17.8 Å². The van der Waals surface area contributed by atoms with Gasteiger partial charge in [0.1, 0.15) is 23.1 Å². The molecule has 1 heterocycles. The fourth-order valence-corrected chi connectivity index (χ4v) is 2.05. The molecule has 2 aromatic rings. The number of carbonyl (C=O) groups excluding carboxylic acids is 1. The second-order valence-corrected chi connectivity index (χ2v) is 6.51. The van der Waals surface area contributed by atoms with Crippen LogP contribution in [0.3, 0.4) is 0 Å². The van der Waals surface area contributed by atoms with Crippen LogP contribution in [0.2, 0.25) is 0 Å². The molecule has 8 heteroatoms. The van der Waals surface area contributed by atoms with Crippen molar-refractivity contribution in [2.45, 2.75) is 32.9 Å². The molecular weight excluding hydrogens is 346 g/mol. The van der Waals surface area contributed by atoms with Gasteiger partial charge in [-0.3, -0.25) is 4.90 Å². The number of ether oxygens (including phenoxy) is 1. The lowest BCUT2D eigenvalue weighted by molar-refractivity contribution is 0.0575. The van der Waals surface area contributed by atoms with Crippen LogP contribution in [0, 0.1) is 11.6 Å². The maximum absolute atomic E-state index is 14.0. The number of hydrogen-bond acceptors (Lipinski definition) is 4. The number of pyridine rings is 1. The second-order valence-electron chi connectivity index (χ2n) is 6.51. The van der Waals surface area contributed by atoms with E-state index in [0.717, 1.165) is 17.2 Å². The van der Waals surface area contributed by atoms with E-state index in [4.69, 9.17) is 9.84 Å². The van der Waals surface area contributed by atoms with Crippen LogP contribution in [0.5, 0.6) is 0 Å². The van der Waals surface area contributed by atoms with Crippen molar-refractivity contribution in [3.8, 4) is 0 Å². The Kier molecular flexibility index (Phi) is 5.54. The van der Waals surface area contributed by atoms with Crippen LogP contribution in [0.1, 0.15) is 36.7 Å². The summed E-state index contributed by atoms with van der Waals surface area (Å²) in [4.78, 5) is 28.4. The number of aromatic nitrogens is 1. The molecule has 2 rings (SSSR count). The van der Waals surface area contributed by atoms with Gasteiger partial charge >= 0.3 is 12.1 Å². The summed E-state index contributed by atoms with van der Waals surface area (Å²) in [5.74, 6) is -2.65. The molecule has 1 N–H and O–H groups in total. The van der Waals surface area contributed by atoms with E-state index >= 15 is 0 Å². The van der Waals surface area contributed by atoms with Crippen LogP contribution in [-0.4, -0.2) is 27.8 Å². The Balaban J connectivity index is 2.37. The largest absolute Gasteiger partial charge is 0.478 e. The Labute approximate surface area is 149 Å². The van der Waals surface area contributed by atoms with Gasteiger partial charge in [-0.2, -0.15) is 0 Å². The van der Waals surface area contributed by atoms with E-state index in [2.05, 4.69) is 4.98 Å². The summed E-state index contributed by atoms with van der Waals surface area (Å²) in [6.07, 6.45) is 0.285. The first kappa shape index (κ1) is 19.3. The number of benzene rings is 1. The summed E-state index contributed by atoms with van der Waals surface area (Å²) in [6, 6.07) is 5.59. The quantitative estimate of drug-likeness (QED) is 0.887. The van der Waals surface area contributed by atoms with Crippen molar-refractivity contribution in [2.24, 2.45) is 0 Å². The number of rotatable bonds is 4. The molecule has 0 aliphatic heterocycles. The summed E-state index contributed by atoms with van der Waals surface area (Å²) >= 11 is 0. The Morgan fingerprint density at radius 1 is 1.19 bits per heavy atom. The minimum Gasteiger partial charge on any atom is -0.478 e. The van der Waals surface area contributed by atoms with Gasteiger partial charge in [0.05, 0.1) is 12.1 Å². The van der Waals surface area contributed by atoms with E-state index in [-0.39, 0.29) is 23.5 Å². The lowest BCUT2D eigenvalue weighted by Gasteiger charge is -2.27. The Morgan fingerprint density at radius 3 is 2.38 bits per heavy atom. The van der Waals surface area contributed by atoms with E-state index in [1.54, 1.807) is 20.8 Å². The van der Waals surface area contributed by atoms with Crippen molar-refractivity contribution in [3.05, 3.63) is 59.3 Å². The first-order chi connectivity index (χ1) is 12.1. The van der Waals surface area contributed by atoms with E-state index in [1.807, 2.05) is 0 Å². The highest BCUT2D eigenvalue weighted by molar-refractivity contribution is 5.89. The molecule has 26 heavy (non-hydrogen) atoms. The van der Waals surface area contributed by atoms with Gasteiger partial charge in [0.15, 0.2) is 0 Å². The average Bonchev–Trinajstić information content (AvgIpc) is 2.52. The molecule has 0 aliphatic rings. The highest BCUT2D eigenvalue weighted by atomic mass is 19.1. The monoisotopic (exact) mass is 364 g/mol. The predicted molar refractivity (Wildman–Crippen MR) is 90.0 cm³/mol. The fraction of sp³-hybridized carbons (Fsp3) is 0.278. The molecule has 0 bridgehead atoms. The normalized spacial score (nSPS) is 11.1. The third-order valence-electron chi connectivity index (χ3n) is 3.23. The molecule has 0 spiro atoms. The van der Waals surface area contributed by atoms with E-state index in [9.17, 15) is 18.4 Å². The van der Waals surface area contributed by atoms with Crippen molar-refractivity contribution in [1.82, 2.24) is 4.98 Å². The highest BCUT2D eigenvalue weighted by Gasteiger charge is 2.25. The number of carboxylic acids is 1. The molecule has 0 radical (unpaired) electrons. The zero-order valence-electron chi connectivity index (χ0n) is 14.5. The molecule has 0 aliphatic carbocycles. The third kappa shape index (κ3) is 4.98. The third-order valence-corrected chi connectivity index (χ3v) is 3.23. The number of halogens is 2. The molecule has 0 fully saturated rings. The molecule has 138 valence electrons. The molecular formula is C18H18F2N2O4. The minimum atomic E-state index is -1.17. The number of carboxylic acid groups (broad SMARTS) is 1. The summed E-state index contributed by atoms with van der Waals surface area (Å²) in [6.45, 7) is 4.74. The summed E-state index contributed by atoms with van der Waals surface area (Å²) in [5.41, 5.74) is -0.815. The number of nitrogens with zero attached hydrogens (tertiary/aromatic N) is 2. The number of carbonyl (C=O) groups is 2. The predicted octanol–water partition coefficient (Wildman–Crippen LogP) is 4.00. The maximum Gasteiger partial charge on any atom is 0.416 e. The first-order valence-electron chi connectivity index (χ1n) is 7.70. The zero-order chi connectivity index (χ0) is 19.5. The molecule has 0 saturated heterocycles. The average molecular weight is 364 g/mol. The van der Waals surface area contributed by atoms with Crippen molar-refractivity contribution in [3.63, 3.8) is 0 Å². The number of hydrogen-bond donors (Lipinski definition) is 1. The zero-order valence-corrected chi connectivity index (χ0v) is 14.5. The molecule has 1 aromatic carbocycles. The van der Waals surface area contributed by atoms with Gasteiger partial charge in [0.25, 0.3) is 0 Å². The highest BCUT2D eigenvalue weighted by Crippen LogP contribution is 2.21. The molecule has 0 saturated carbocycles. The minimum absolute atomic E-state index is 0.0568. The van der Waals surface area contributed by atoms with Gasteiger partial charge in [0.2, 0.25) is 0 Å². The summed E-state index contributed by atoms with van der Waals surface area (Å²) in [5, 5.41) is 8.94. The van der Waals surface area contributed by atoms with Crippen molar-refractivity contribution in [1.29, 1.82) is 0 Å². The molecule has 1 aromatic heterocycles. The van der Waals surface area contributed by atoms with Crippen LogP contribution < -0.4 is 4.90 Å². The van der Waals surface area contributed by atoms with Crippen LogP contribution in [0.4, 0.5) is 19.4 Å². The lowest BCUT2D eigenvalue weighted by atomic mass is 10.2. The Hall–Kier alpha value is -3.03. The standard InChI is InChI=1S/C18H18F2N2O4/c1-18(2,3)26-17(25)22(10-12-4-6-13(19)8-14(12)20)15-7-5-11(9-21-15)16(23)24/h4-9H,10H2,1-3H3,(H,23,24). The summed E-state index contributed by atoms with van der Waals surface area (Å²) in [7, 11) is 0. The van der Waals surface area contributed by atoms with Gasteiger partial charge in [-0.1, -0.05) is 6.07 Å². The van der Waals surface area contributed by atoms with Crippen molar-refractivity contribution < 1.29 is 28.2 Å². The van der Waals surface area contributed by atoms with Crippen LogP contribution in [-0.2, 0) is 11.3 Å². The lowest BCUT2D eigenvalue weighted by Crippen LogP contribution is -2.37. The SMILES string of the molecule is CC(C)(C)OC(=O)N(Cc1ccc(F)cc1F)c1ccc(C(=O)O)cn1. The van der Waals surface area contributed by atoms with Gasteiger partial charge < -0.3 is 9.84 Å². The Bertz CT molecular complexity index is 817. The molecule has 0 unspecified atom stereocenters. The number of aromatic carboxylic acids is 1. The van der Waals surface area contributed by atoms with Gasteiger partial charge in [-0.25, -0.2) is 23.4 Å². The topological polar surface area (TPSA) is 79.7 Å². The smallest absolute Gasteiger partial charge is 0.416 e. The van der Waals surface area contributed by atoms with Crippen LogP contribution in [0.25, 0.3) is 0 Å². The number of anilines is 1. The number of amides is 1. The molecule has 0 atom stereocenters.